The Hall–Kier alpha value is -4.41. The highest BCUT2D eigenvalue weighted by atomic mass is 16.3. The Morgan fingerprint density at radius 3 is 2.18 bits per heavy atom. The zero-order chi connectivity index (χ0) is 37.6. The van der Waals surface area contributed by atoms with E-state index in [1.807, 2.05) is 18.2 Å². The minimum Gasteiger partial charge on any atom is -0.508 e. The van der Waals surface area contributed by atoms with Crippen molar-refractivity contribution in [3.63, 3.8) is 0 Å². The first-order chi connectivity index (χ1) is 26.8. The molecule has 0 radical (unpaired) electrons. The fourth-order valence-electron chi connectivity index (χ4n) is 10.8. The highest BCUT2D eigenvalue weighted by Crippen LogP contribution is 2.47. The lowest BCUT2D eigenvalue weighted by molar-refractivity contribution is -0.136. The van der Waals surface area contributed by atoms with Crippen LogP contribution < -0.4 is 15.1 Å². The van der Waals surface area contributed by atoms with Gasteiger partial charge < -0.3 is 24.7 Å². The Morgan fingerprint density at radius 1 is 0.709 bits per heavy atom. The second-order valence-electron chi connectivity index (χ2n) is 17.3. The summed E-state index contributed by atoms with van der Waals surface area (Å²) in [5.41, 5.74) is 8.28. The number of anilines is 2. The first-order valence-electron chi connectivity index (χ1n) is 20.9. The maximum Gasteiger partial charge on any atom is 0.255 e. The number of fused-ring (bicyclic) bond motifs is 2. The number of imide groups is 1. The maximum absolute atomic E-state index is 13.2. The minimum atomic E-state index is -0.582. The molecule has 55 heavy (non-hydrogen) atoms. The third kappa shape index (κ3) is 7.35. The number of amides is 3. The van der Waals surface area contributed by atoms with Crippen molar-refractivity contribution >= 4 is 29.1 Å². The molecule has 10 nitrogen and oxygen atoms in total. The number of hydrogen-bond donors (Lipinski definition) is 2. The van der Waals surface area contributed by atoms with Crippen LogP contribution in [-0.2, 0) is 22.6 Å². The number of hydrogen-bond acceptors (Lipinski definition) is 8. The van der Waals surface area contributed by atoms with Crippen LogP contribution in [0, 0.1) is 17.8 Å². The van der Waals surface area contributed by atoms with E-state index in [9.17, 15) is 19.5 Å². The summed E-state index contributed by atoms with van der Waals surface area (Å²) in [5.74, 6) is 2.12. The van der Waals surface area contributed by atoms with Crippen molar-refractivity contribution in [3.05, 3.63) is 88.5 Å². The van der Waals surface area contributed by atoms with Gasteiger partial charge in [0.15, 0.2) is 0 Å². The normalized spacial score (nSPS) is 25.9. The Balaban J connectivity index is 0.774. The summed E-state index contributed by atoms with van der Waals surface area (Å²) in [6, 6.07) is 21.2. The summed E-state index contributed by atoms with van der Waals surface area (Å²) in [5, 5.41) is 12.7. The van der Waals surface area contributed by atoms with Gasteiger partial charge in [-0.3, -0.25) is 24.6 Å². The van der Waals surface area contributed by atoms with E-state index in [0.29, 0.717) is 42.0 Å². The largest absolute Gasteiger partial charge is 0.508 e. The highest BCUT2D eigenvalue weighted by molar-refractivity contribution is 6.05. The molecule has 2 N–H and O–H groups in total. The first kappa shape index (κ1) is 36.2. The van der Waals surface area contributed by atoms with Crippen molar-refractivity contribution in [2.45, 2.75) is 69.9 Å². The molecule has 3 amide bonds. The predicted molar refractivity (Wildman–Crippen MR) is 215 cm³/mol. The lowest BCUT2D eigenvalue weighted by Crippen LogP contribution is -2.52. The smallest absolute Gasteiger partial charge is 0.255 e. The number of benzene rings is 3. The van der Waals surface area contributed by atoms with Gasteiger partial charge >= 0.3 is 0 Å². The van der Waals surface area contributed by atoms with E-state index in [0.717, 1.165) is 69.4 Å². The number of carbonyl (C=O) groups is 3. The SMILES string of the molecule is CN1CCC([C@H]2CCc3cc(O)ccc3C2c2ccc(N3CCC(CN4CCN(c5ccc6c(c5)CN(C5CCC(=O)NC5=O)C6=O)CC4)CC3)cc2)CC1. The Bertz CT molecular complexity index is 1910. The molecule has 3 atom stereocenters. The summed E-state index contributed by atoms with van der Waals surface area (Å²) < 4.78 is 0. The number of piperidine rings is 3. The molecule has 0 saturated carbocycles. The van der Waals surface area contributed by atoms with E-state index >= 15 is 0 Å². The van der Waals surface area contributed by atoms with Gasteiger partial charge in [0, 0.05) is 81.6 Å². The molecular formula is C45H56N6O4. The molecule has 5 aliphatic heterocycles. The molecule has 290 valence electrons. The number of likely N-dealkylation sites (tertiary alicyclic amines) is 1. The van der Waals surface area contributed by atoms with Gasteiger partial charge in [-0.2, -0.15) is 0 Å². The third-order valence-corrected chi connectivity index (χ3v) is 14.0. The standard InChI is InChI=1S/C45H56N6O4/c1-47-18-16-31(17-19-47)38-9-4-33-27-37(52)8-11-39(33)43(38)32-2-5-35(6-3-32)49-20-14-30(15-21-49)28-48-22-24-50(25-23-48)36-7-10-40-34(26-36)29-51(45(40)55)41-12-13-42(53)46-44(41)54/h2-3,5-8,10-11,26-27,30-31,38,41,43,52H,4,9,12-25,28-29H2,1H3,(H,46,53,54)/t38-,41?,43?/m1/s1. The number of aromatic hydroxyl groups is 1. The zero-order valence-corrected chi connectivity index (χ0v) is 32.3. The van der Waals surface area contributed by atoms with Crippen molar-refractivity contribution in [2.75, 3.05) is 75.8 Å². The van der Waals surface area contributed by atoms with Crippen LogP contribution in [0.25, 0.3) is 0 Å². The molecule has 2 unspecified atom stereocenters. The molecule has 6 aliphatic rings. The van der Waals surface area contributed by atoms with Crippen LogP contribution >= 0.6 is 0 Å². The molecule has 4 saturated heterocycles. The summed E-state index contributed by atoms with van der Waals surface area (Å²) in [6.07, 6.45) is 7.89. The average Bonchev–Trinajstić information content (AvgIpc) is 3.53. The molecule has 1 aliphatic carbocycles. The van der Waals surface area contributed by atoms with Crippen LogP contribution in [0.3, 0.4) is 0 Å². The number of rotatable bonds is 7. The molecule has 5 heterocycles. The summed E-state index contributed by atoms with van der Waals surface area (Å²) in [7, 11) is 2.25. The molecule has 9 rings (SSSR count). The first-order valence-corrected chi connectivity index (χ1v) is 20.9. The van der Waals surface area contributed by atoms with Gasteiger partial charge in [-0.1, -0.05) is 18.2 Å². The van der Waals surface area contributed by atoms with E-state index in [1.54, 1.807) is 4.90 Å². The molecule has 0 bridgehead atoms. The molecule has 0 spiro atoms. The second kappa shape index (κ2) is 15.3. The number of piperazine rings is 1. The van der Waals surface area contributed by atoms with Crippen molar-refractivity contribution < 1.29 is 19.5 Å². The van der Waals surface area contributed by atoms with E-state index < -0.39 is 6.04 Å². The third-order valence-electron chi connectivity index (χ3n) is 14.0. The van der Waals surface area contributed by atoms with E-state index in [2.05, 4.69) is 74.4 Å². The Labute approximate surface area is 325 Å². The number of nitrogens with zero attached hydrogens (tertiary/aromatic N) is 5. The maximum atomic E-state index is 13.2. The van der Waals surface area contributed by atoms with Crippen LogP contribution in [0.4, 0.5) is 11.4 Å². The van der Waals surface area contributed by atoms with E-state index in [1.165, 1.54) is 67.6 Å². The van der Waals surface area contributed by atoms with Gasteiger partial charge in [-0.25, -0.2) is 0 Å². The summed E-state index contributed by atoms with van der Waals surface area (Å²) >= 11 is 0. The van der Waals surface area contributed by atoms with Crippen LogP contribution in [0.1, 0.15) is 83.5 Å². The van der Waals surface area contributed by atoms with Crippen LogP contribution in [-0.4, -0.2) is 110 Å². The van der Waals surface area contributed by atoms with Gasteiger partial charge in [-0.05, 0) is 148 Å². The fraction of sp³-hybridized carbons (Fsp3) is 0.533. The van der Waals surface area contributed by atoms with Crippen molar-refractivity contribution in [1.29, 1.82) is 0 Å². The topological polar surface area (TPSA) is 99.7 Å². The summed E-state index contributed by atoms with van der Waals surface area (Å²) in [4.78, 5) is 49.0. The van der Waals surface area contributed by atoms with Crippen LogP contribution in [0.2, 0.25) is 0 Å². The number of nitrogens with one attached hydrogen (secondary N) is 1. The van der Waals surface area contributed by atoms with Crippen molar-refractivity contribution in [3.8, 4) is 5.75 Å². The van der Waals surface area contributed by atoms with Crippen molar-refractivity contribution in [1.82, 2.24) is 20.0 Å². The average molecular weight is 745 g/mol. The number of carbonyl (C=O) groups excluding carboxylic acids is 3. The Kier molecular flexibility index (Phi) is 10.1. The number of phenols is 1. The molecule has 4 fully saturated rings. The zero-order valence-electron chi connectivity index (χ0n) is 32.3. The lowest BCUT2D eigenvalue weighted by Gasteiger charge is -2.42. The lowest BCUT2D eigenvalue weighted by atomic mass is 9.65. The van der Waals surface area contributed by atoms with E-state index in [4.69, 9.17) is 0 Å². The second-order valence-corrected chi connectivity index (χ2v) is 17.3. The van der Waals surface area contributed by atoms with Gasteiger partial charge in [0.25, 0.3) is 5.91 Å². The quantitative estimate of drug-likeness (QED) is 0.318. The van der Waals surface area contributed by atoms with Gasteiger partial charge in [0.2, 0.25) is 11.8 Å². The van der Waals surface area contributed by atoms with Gasteiger partial charge in [0.05, 0.1) is 0 Å². The highest BCUT2D eigenvalue weighted by Gasteiger charge is 2.40. The minimum absolute atomic E-state index is 0.117. The number of phenolic OH excluding ortho intramolecular Hbond substituents is 1. The molecule has 3 aromatic carbocycles. The van der Waals surface area contributed by atoms with Crippen LogP contribution in [0.15, 0.2) is 60.7 Å². The molecule has 10 heteroatoms. The molecule has 0 aromatic heterocycles. The van der Waals surface area contributed by atoms with Crippen molar-refractivity contribution in [2.24, 2.45) is 17.8 Å². The predicted octanol–water partition coefficient (Wildman–Crippen LogP) is 5.23. The fourth-order valence-corrected chi connectivity index (χ4v) is 10.8. The van der Waals surface area contributed by atoms with Crippen LogP contribution in [0.5, 0.6) is 5.75 Å². The Morgan fingerprint density at radius 2 is 1.44 bits per heavy atom. The van der Waals surface area contributed by atoms with Gasteiger partial charge in [0.1, 0.15) is 11.8 Å². The summed E-state index contributed by atoms with van der Waals surface area (Å²) in [6.45, 7) is 10.1. The van der Waals surface area contributed by atoms with Gasteiger partial charge in [-0.15, -0.1) is 0 Å². The van der Waals surface area contributed by atoms with E-state index in [-0.39, 0.29) is 24.1 Å². The molecular weight excluding hydrogens is 689 g/mol. The number of aryl methyl sites for hydroxylation is 1. The molecule has 3 aromatic rings. The monoisotopic (exact) mass is 744 g/mol.